The Morgan fingerprint density at radius 3 is 2.14 bits per heavy atom. The molecule has 1 unspecified atom stereocenters. The van der Waals surface area contributed by atoms with E-state index in [9.17, 15) is 0 Å². The topological polar surface area (TPSA) is 29.0 Å². The van der Waals surface area contributed by atoms with Crippen molar-refractivity contribution in [2.24, 2.45) is 29.6 Å². The van der Waals surface area contributed by atoms with E-state index in [0.717, 1.165) is 56.9 Å². The van der Waals surface area contributed by atoms with E-state index in [0.29, 0.717) is 11.3 Å². The molecule has 6 aliphatic carbocycles. The average Bonchev–Trinajstić information content (AvgIpc) is 3.44. The van der Waals surface area contributed by atoms with E-state index in [-0.39, 0.29) is 0 Å². The van der Waals surface area contributed by atoms with E-state index in [1.807, 2.05) is 18.5 Å². The van der Waals surface area contributed by atoms with Crippen LogP contribution in [0, 0.1) is 29.6 Å². The van der Waals surface area contributed by atoms with Gasteiger partial charge in [-0.25, -0.2) is 0 Å². The third kappa shape index (κ3) is 3.96. The van der Waals surface area contributed by atoms with Gasteiger partial charge in [-0.3, -0.25) is 9.97 Å². The summed E-state index contributed by atoms with van der Waals surface area (Å²) in [6.45, 7) is 0. The molecule has 4 bridgehead atoms. The van der Waals surface area contributed by atoms with Gasteiger partial charge in [-0.05, 0) is 144 Å². The van der Waals surface area contributed by atoms with Gasteiger partial charge < -0.3 is 4.90 Å². The first-order valence-corrected chi connectivity index (χ1v) is 18.4. The van der Waals surface area contributed by atoms with Crippen molar-refractivity contribution in [3.05, 3.63) is 145 Å². The first kappa shape index (κ1) is 27.9. The summed E-state index contributed by atoms with van der Waals surface area (Å²) >= 11 is 0. The molecule has 0 aliphatic heterocycles. The van der Waals surface area contributed by atoms with E-state index < -0.39 is 0 Å². The molecule has 6 aromatic rings. The van der Waals surface area contributed by atoms with Crippen LogP contribution in [0.15, 0.2) is 134 Å². The summed E-state index contributed by atoms with van der Waals surface area (Å²) < 4.78 is 0. The lowest BCUT2D eigenvalue weighted by molar-refractivity contribution is -0.0748. The van der Waals surface area contributed by atoms with E-state index in [1.165, 1.54) is 60.9 Å². The van der Waals surface area contributed by atoms with Gasteiger partial charge in [-0.2, -0.15) is 0 Å². The Bertz CT molecular complexity index is 2300. The number of nitrogens with zero attached hydrogens (tertiary/aromatic N) is 3. The Labute approximate surface area is 288 Å². The molecule has 1 atom stereocenters. The Kier molecular flexibility index (Phi) is 5.97. The smallest absolute Gasteiger partial charge is 0.0985 e. The average molecular weight is 634 g/mol. The van der Waals surface area contributed by atoms with E-state index >= 15 is 0 Å². The molecule has 4 saturated carbocycles. The highest BCUT2D eigenvalue weighted by atomic mass is 15.1. The molecule has 4 aromatic carbocycles. The van der Waals surface area contributed by atoms with Gasteiger partial charge in [0.2, 0.25) is 0 Å². The van der Waals surface area contributed by atoms with Crippen LogP contribution in [0.25, 0.3) is 38.5 Å². The maximum atomic E-state index is 4.90. The van der Waals surface area contributed by atoms with Crippen LogP contribution in [0.1, 0.15) is 49.7 Å². The van der Waals surface area contributed by atoms with Crippen molar-refractivity contribution in [3.8, 4) is 11.1 Å². The largest absolute Gasteiger partial charge is 0.310 e. The molecule has 0 amide bonds. The van der Waals surface area contributed by atoms with Crippen molar-refractivity contribution < 1.29 is 0 Å². The van der Waals surface area contributed by atoms with E-state index in [2.05, 4.69) is 120 Å². The van der Waals surface area contributed by atoms with Crippen LogP contribution >= 0.6 is 0 Å². The van der Waals surface area contributed by atoms with Gasteiger partial charge in [0, 0.05) is 40.0 Å². The second-order valence-corrected chi connectivity index (χ2v) is 15.4. The molecular weight excluding hydrogens is 595 g/mol. The van der Waals surface area contributed by atoms with Crippen LogP contribution in [-0.2, 0) is 5.41 Å². The molecule has 2 aromatic heterocycles. The molecule has 49 heavy (non-hydrogen) atoms. The highest BCUT2D eigenvalue weighted by Crippen LogP contribution is 2.71. The number of aromatic nitrogens is 2. The monoisotopic (exact) mass is 633 g/mol. The first-order chi connectivity index (χ1) is 24.3. The molecule has 0 N–H and O–H groups in total. The number of benzene rings is 4. The molecule has 2 heterocycles. The van der Waals surface area contributed by atoms with Gasteiger partial charge in [0.15, 0.2) is 0 Å². The molecule has 12 rings (SSSR count). The van der Waals surface area contributed by atoms with Crippen molar-refractivity contribution >= 4 is 44.4 Å². The zero-order valence-electron chi connectivity index (χ0n) is 27.7. The Morgan fingerprint density at radius 2 is 1.35 bits per heavy atom. The molecule has 0 radical (unpaired) electrons. The lowest BCUT2D eigenvalue weighted by atomic mass is 9.41. The first-order valence-electron chi connectivity index (χ1n) is 18.4. The molecular formula is C46H39N3. The molecule has 0 saturated heterocycles. The fourth-order valence-electron chi connectivity index (χ4n) is 11.6. The second kappa shape index (κ2) is 10.5. The van der Waals surface area contributed by atoms with Crippen LogP contribution in [0.5, 0.6) is 0 Å². The summed E-state index contributed by atoms with van der Waals surface area (Å²) in [5.74, 6) is 4.16. The number of rotatable bonds is 4. The van der Waals surface area contributed by atoms with Crippen LogP contribution in [0.4, 0.5) is 17.1 Å². The maximum absolute atomic E-state index is 4.90. The molecule has 1 spiro atoms. The Hall–Kier alpha value is -5.02. The summed E-state index contributed by atoms with van der Waals surface area (Å²) in [6, 6.07) is 38.1. The normalized spacial score (nSPS) is 27.4. The second-order valence-electron chi connectivity index (χ2n) is 15.4. The fraction of sp³-hybridized carbons (Fsp3) is 0.261. The minimum Gasteiger partial charge on any atom is -0.310 e. The highest BCUT2D eigenvalue weighted by molar-refractivity contribution is 6.11. The number of hydrogen-bond acceptors (Lipinski definition) is 3. The fourth-order valence-corrected chi connectivity index (χ4v) is 11.6. The van der Waals surface area contributed by atoms with Gasteiger partial charge in [0.25, 0.3) is 0 Å². The number of anilines is 3. The van der Waals surface area contributed by atoms with Crippen LogP contribution in [0.3, 0.4) is 0 Å². The highest BCUT2D eigenvalue weighted by Gasteiger charge is 2.64. The Morgan fingerprint density at radius 1 is 0.633 bits per heavy atom. The number of pyridine rings is 2. The quantitative estimate of drug-likeness (QED) is 0.181. The SMILES string of the molecule is C1=CCC2C(=C1)c1cc(N(c3ccc(-c4ccccc4)cc3)c3cc4cccnc4c4ncccc34)ccc1C21C2CC3CC(C2)CC1C3. The lowest BCUT2D eigenvalue weighted by Crippen LogP contribution is -2.57. The van der Waals surface area contributed by atoms with Crippen molar-refractivity contribution in [2.45, 2.75) is 43.9 Å². The summed E-state index contributed by atoms with van der Waals surface area (Å²) in [4.78, 5) is 12.2. The summed E-state index contributed by atoms with van der Waals surface area (Å²) in [6.07, 6.45) is 19.4. The Balaban J connectivity index is 1.13. The van der Waals surface area contributed by atoms with Crippen LogP contribution in [0.2, 0.25) is 0 Å². The number of allylic oxidation sites excluding steroid dienone is 4. The van der Waals surface area contributed by atoms with Crippen molar-refractivity contribution in [1.29, 1.82) is 0 Å². The zero-order valence-corrected chi connectivity index (χ0v) is 27.7. The molecule has 238 valence electrons. The number of hydrogen-bond donors (Lipinski definition) is 0. The molecule has 3 heteroatoms. The number of fused-ring (bicyclic) bond motifs is 6. The van der Waals surface area contributed by atoms with Gasteiger partial charge in [0.05, 0.1) is 16.7 Å². The standard InChI is InChI=1S/C46H39N3/c1-2-8-31(9-3-1)32-14-16-36(17-15-32)49(43-27-33-10-6-20-47-44(33)45-39(43)12-7-21-48-45)37-18-19-42-40(28-37)38-11-4-5-13-41(38)46(42)34-23-29-22-30(25-34)26-35(46)24-29/h1-12,14-21,27-30,34-35,41H,13,22-26H2. The third-order valence-electron chi connectivity index (χ3n) is 13.2. The summed E-state index contributed by atoms with van der Waals surface area (Å²) in [7, 11) is 0. The van der Waals surface area contributed by atoms with Crippen molar-refractivity contribution in [3.63, 3.8) is 0 Å². The summed E-state index contributed by atoms with van der Waals surface area (Å²) in [5.41, 5.74) is 12.8. The molecule has 4 fully saturated rings. The van der Waals surface area contributed by atoms with Crippen LogP contribution in [-0.4, -0.2) is 9.97 Å². The molecule has 6 aliphatic rings. The minimum absolute atomic E-state index is 0.297. The molecule has 3 nitrogen and oxygen atoms in total. The van der Waals surface area contributed by atoms with Crippen molar-refractivity contribution in [2.75, 3.05) is 4.90 Å². The predicted molar refractivity (Wildman–Crippen MR) is 201 cm³/mol. The van der Waals surface area contributed by atoms with Crippen molar-refractivity contribution in [1.82, 2.24) is 9.97 Å². The van der Waals surface area contributed by atoms with Gasteiger partial charge in [-0.1, -0.05) is 72.8 Å². The zero-order chi connectivity index (χ0) is 32.1. The van der Waals surface area contributed by atoms with Crippen LogP contribution < -0.4 is 4.90 Å². The lowest BCUT2D eigenvalue weighted by Gasteiger charge is -2.63. The van der Waals surface area contributed by atoms with Gasteiger partial charge in [-0.15, -0.1) is 0 Å². The van der Waals surface area contributed by atoms with E-state index in [1.54, 1.807) is 11.1 Å². The van der Waals surface area contributed by atoms with Gasteiger partial charge >= 0.3 is 0 Å². The third-order valence-corrected chi connectivity index (χ3v) is 13.2. The maximum Gasteiger partial charge on any atom is 0.0985 e. The minimum atomic E-state index is 0.297. The van der Waals surface area contributed by atoms with Gasteiger partial charge in [0.1, 0.15) is 0 Å². The predicted octanol–water partition coefficient (Wildman–Crippen LogP) is 11.6. The summed E-state index contributed by atoms with van der Waals surface area (Å²) in [5, 5.41) is 2.21. The van der Waals surface area contributed by atoms with E-state index in [4.69, 9.17) is 9.97 Å².